The van der Waals surface area contributed by atoms with Crippen LogP contribution in [-0.4, -0.2) is 9.55 Å². The zero-order valence-electron chi connectivity index (χ0n) is 8.65. The predicted octanol–water partition coefficient (Wildman–Crippen LogP) is 3.31. The molecule has 0 atom stereocenters. The van der Waals surface area contributed by atoms with Crippen molar-refractivity contribution in [3.05, 3.63) is 46.5 Å². The van der Waals surface area contributed by atoms with Gasteiger partial charge in [-0.15, -0.1) is 0 Å². The maximum atomic E-state index is 5.97. The Kier molecular flexibility index (Phi) is 3.36. The number of hydrogen-bond acceptors (Lipinski definition) is 2. The summed E-state index contributed by atoms with van der Waals surface area (Å²) in [6.45, 7) is 0.365. The van der Waals surface area contributed by atoms with Crippen molar-refractivity contribution in [3.8, 4) is 5.75 Å². The first-order valence-electron chi connectivity index (χ1n) is 4.71. The van der Waals surface area contributed by atoms with Crippen LogP contribution < -0.4 is 4.74 Å². The van der Waals surface area contributed by atoms with Crippen LogP contribution in [0.5, 0.6) is 5.75 Å². The van der Waals surface area contributed by atoms with Gasteiger partial charge in [-0.05, 0) is 12.1 Å². The molecule has 0 aliphatic heterocycles. The minimum Gasteiger partial charge on any atom is -0.484 e. The first-order valence-corrected chi connectivity index (χ1v) is 5.46. The smallest absolute Gasteiger partial charge is 0.146 e. The topological polar surface area (TPSA) is 27.1 Å². The van der Waals surface area contributed by atoms with Gasteiger partial charge in [0.1, 0.15) is 18.2 Å². The monoisotopic (exact) mass is 256 g/mol. The summed E-state index contributed by atoms with van der Waals surface area (Å²) in [6.07, 6.45) is 3.58. The zero-order valence-corrected chi connectivity index (χ0v) is 10.2. The lowest BCUT2D eigenvalue weighted by atomic mass is 10.3. The molecule has 0 fully saturated rings. The Hall–Kier alpha value is -1.19. The van der Waals surface area contributed by atoms with Crippen molar-refractivity contribution >= 4 is 23.2 Å². The minimum atomic E-state index is 0.365. The van der Waals surface area contributed by atoms with E-state index >= 15 is 0 Å². The van der Waals surface area contributed by atoms with Crippen molar-refractivity contribution in [1.82, 2.24) is 9.55 Å². The number of ether oxygens (including phenoxy) is 1. The van der Waals surface area contributed by atoms with Crippen LogP contribution >= 0.6 is 23.2 Å². The summed E-state index contributed by atoms with van der Waals surface area (Å²) in [5, 5.41) is 1.14. The molecule has 1 aromatic carbocycles. The second kappa shape index (κ2) is 4.76. The van der Waals surface area contributed by atoms with Crippen LogP contribution in [-0.2, 0) is 13.7 Å². The predicted molar refractivity (Wildman–Crippen MR) is 64.0 cm³/mol. The largest absolute Gasteiger partial charge is 0.484 e. The van der Waals surface area contributed by atoms with Gasteiger partial charge in [-0.1, -0.05) is 23.2 Å². The van der Waals surface area contributed by atoms with Crippen LogP contribution in [0.2, 0.25) is 10.0 Å². The Balaban J connectivity index is 2.10. The standard InChI is InChI=1S/C11H10Cl2N2O/c1-15-5-4-14-11(15)7-16-10-6-8(12)2-3-9(10)13/h2-6H,7H2,1H3. The second-order valence-corrected chi connectivity index (χ2v) is 4.16. The van der Waals surface area contributed by atoms with Gasteiger partial charge < -0.3 is 9.30 Å². The normalized spacial score (nSPS) is 10.4. The average Bonchev–Trinajstić information content (AvgIpc) is 2.66. The zero-order chi connectivity index (χ0) is 11.5. The molecule has 0 bridgehead atoms. The number of halogens is 2. The van der Waals surface area contributed by atoms with E-state index in [1.165, 1.54) is 0 Å². The molecule has 5 heteroatoms. The minimum absolute atomic E-state index is 0.365. The number of rotatable bonds is 3. The lowest BCUT2D eigenvalue weighted by molar-refractivity contribution is 0.292. The number of benzene rings is 1. The molecule has 2 aromatic rings. The quantitative estimate of drug-likeness (QED) is 0.843. The molecular formula is C11H10Cl2N2O. The van der Waals surface area contributed by atoms with Crippen molar-refractivity contribution in [3.63, 3.8) is 0 Å². The van der Waals surface area contributed by atoms with Crippen LogP contribution in [0, 0.1) is 0 Å². The van der Waals surface area contributed by atoms with E-state index in [1.807, 2.05) is 17.8 Å². The van der Waals surface area contributed by atoms with E-state index in [0.29, 0.717) is 22.4 Å². The van der Waals surface area contributed by atoms with E-state index in [1.54, 1.807) is 24.4 Å². The van der Waals surface area contributed by atoms with Crippen molar-refractivity contribution in [2.24, 2.45) is 7.05 Å². The molecule has 2 rings (SSSR count). The lowest BCUT2D eigenvalue weighted by Crippen LogP contribution is -2.03. The molecule has 1 aromatic heterocycles. The molecule has 84 valence electrons. The summed E-state index contributed by atoms with van der Waals surface area (Å²) >= 11 is 11.8. The molecule has 0 aliphatic rings. The Morgan fingerprint density at radius 3 is 2.88 bits per heavy atom. The molecule has 0 saturated carbocycles. The number of aromatic nitrogens is 2. The second-order valence-electron chi connectivity index (χ2n) is 3.32. The van der Waals surface area contributed by atoms with E-state index in [2.05, 4.69) is 4.98 Å². The fraction of sp³-hybridized carbons (Fsp3) is 0.182. The summed E-state index contributed by atoms with van der Waals surface area (Å²) < 4.78 is 7.43. The molecule has 0 saturated heterocycles. The van der Waals surface area contributed by atoms with Gasteiger partial charge in [-0.3, -0.25) is 0 Å². The number of nitrogens with zero attached hydrogens (tertiary/aromatic N) is 2. The van der Waals surface area contributed by atoms with Crippen LogP contribution in [0.25, 0.3) is 0 Å². The van der Waals surface area contributed by atoms with Crippen molar-refractivity contribution in [1.29, 1.82) is 0 Å². The third-order valence-corrected chi connectivity index (χ3v) is 2.72. The van der Waals surface area contributed by atoms with Crippen molar-refractivity contribution in [2.75, 3.05) is 0 Å². The fourth-order valence-corrected chi connectivity index (χ4v) is 1.60. The Morgan fingerprint density at radius 2 is 2.19 bits per heavy atom. The molecule has 0 amide bonds. The third kappa shape index (κ3) is 2.49. The maximum absolute atomic E-state index is 5.97. The number of aryl methyl sites for hydroxylation is 1. The maximum Gasteiger partial charge on any atom is 0.146 e. The molecule has 0 unspecified atom stereocenters. The first kappa shape index (κ1) is 11.3. The number of imidazole rings is 1. The highest BCUT2D eigenvalue weighted by Gasteiger charge is 2.05. The highest BCUT2D eigenvalue weighted by molar-refractivity contribution is 6.34. The molecule has 1 heterocycles. The Labute approximate surface area is 104 Å². The van der Waals surface area contributed by atoms with Gasteiger partial charge in [0.2, 0.25) is 0 Å². The summed E-state index contributed by atoms with van der Waals surface area (Å²) in [5.41, 5.74) is 0. The van der Waals surface area contributed by atoms with E-state index in [9.17, 15) is 0 Å². The van der Waals surface area contributed by atoms with Crippen LogP contribution in [0.15, 0.2) is 30.6 Å². The van der Waals surface area contributed by atoms with Crippen LogP contribution in [0.4, 0.5) is 0 Å². The Morgan fingerprint density at radius 1 is 1.38 bits per heavy atom. The Bertz CT molecular complexity index is 496. The van der Waals surface area contributed by atoms with Crippen LogP contribution in [0.3, 0.4) is 0 Å². The van der Waals surface area contributed by atoms with Crippen molar-refractivity contribution in [2.45, 2.75) is 6.61 Å². The van der Waals surface area contributed by atoms with E-state index in [4.69, 9.17) is 27.9 Å². The molecular weight excluding hydrogens is 247 g/mol. The van der Waals surface area contributed by atoms with Gasteiger partial charge in [0.15, 0.2) is 0 Å². The lowest BCUT2D eigenvalue weighted by Gasteiger charge is -2.08. The third-order valence-electron chi connectivity index (χ3n) is 2.17. The molecule has 0 aliphatic carbocycles. The average molecular weight is 257 g/mol. The molecule has 0 N–H and O–H groups in total. The molecule has 3 nitrogen and oxygen atoms in total. The highest BCUT2D eigenvalue weighted by Crippen LogP contribution is 2.28. The fourth-order valence-electron chi connectivity index (χ4n) is 1.27. The van der Waals surface area contributed by atoms with Crippen molar-refractivity contribution < 1.29 is 4.74 Å². The molecule has 0 radical (unpaired) electrons. The van der Waals surface area contributed by atoms with Gasteiger partial charge in [-0.25, -0.2) is 4.98 Å². The molecule has 0 spiro atoms. The van der Waals surface area contributed by atoms with Gasteiger partial charge >= 0.3 is 0 Å². The van der Waals surface area contributed by atoms with E-state index < -0.39 is 0 Å². The summed E-state index contributed by atoms with van der Waals surface area (Å²) in [6, 6.07) is 5.11. The summed E-state index contributed by atoms with van der Waals surface area (Å²) in [7, 11) is 1.91. The van der Waals surface area contributed by atoms with E-state index in [-0.39, 0.29) is 0 Å². The van der Waals surface area contributed by atoms with Gasteiger partial charge in [-0.2, -0.15) is 0 Å². The highest BCUT2D eigenvalue weighted by atomic mass is 35.5. The SMILES string of the molecule is Cn1ccnc1COc1cc(Cl)ccc1Cl. The first-order chi connectivity index (χ1) is 7.66. The molecule has 16 heavy (non-hydrogen) atoms. The summed E-state index contributed by atoms with van der Waals surface area (Å²) in [4.78, 5) is 4.14. The van der Waals surface area contributed by atoms with Gasteiger partial charge in [0, 0.05) is 30.5 Å². The van der Waals surface area contributed by atoms with Gasteiger partial charge in [0.25, 0.3) is 0 Å². The number of hydrogen-bond donors (Lipinski definition) is 0. The summed E-state index contributed by atoms with van der Waals surface area (Å²) in [5.74, 6) is 1.40. The van der Waals surface area contributed by atoms with E-state index in [0.717, 1.165) is 5.82 Å². The van der Waals surface area contributed by atoms with Crippen LogP contribution in [0.1, 0.15) is 5.82 Å². The van der Waals surface area contributed by atoms with Gasteiger partial charge in [0.05, 0.1) is 5.02 Å².